The highest BCUT2D eigenvalue weighted by molar-refractivity contribution is 4.96. The van der Waals surface area contributed by atoms with E-state index in [9.17, 15) is 0 Å². The minimum absolute atomic E-state index is 0.742. The molecule has 1 radical (unpaired) electrons. The molecule has 0 aliphatic carbocycles. The Morgan fingerprint density at radius 3 is 2.70 bits per heavy atom. The topological polar surface area (TPSA) is 26.0 Å². The van der Waals surface area contributed by atoms with Crippen molar-refractivity contribution in [2.24, 2.45) is 5.73 Å². The van der Waals surface area contributed by atoms with Crippen LogP contribution in [0, 0.1) is 6.92 Å². The van der Waals surface area contributed by atoms with Crippen LogP contribution >= 0.6 is 0 Å². The maximum atomic E-state index is 5.55. The van der Waals surface area contributed by atoms with Gasteiger partial charge in [-0.3, -0.25) is 0 Å². The lowest BCUT2D eigenvalue weighted by molar-refractivity contribution is 0.726. The molecule has 0 heterocycles. The molecule has 0 aliphatic heterocycles. The van der Waals surface area contributed by atoms with E-state index in [1.807, 2.05) is 0 Å². The second kappa shape index (κ2) is 6.66. The maximum absolute atomic E-state index is 5.55. The molecule has 10 heavy (non-hydrogen) atoms. The molecule has 2 N–H and O–H groups in total. The maximum Gasteiger partial charge on any atom is 0.00399 e. The van der Waals surface area contributed by atoms with E-state index in [4.69, 9.17) is 5.73 Å². The van der Waals surface area contributed by atoms with Crippen LogP contribution in [0.4, 0.5) is 0 Å². The first-order valence-corrected chi connectivity index (χ1v) is 4.05. The first-order valence-electron chi connectivity index (χ1n) is 4.05. The Balaban J connectivity index is 3.16. The number of allylic oxidation sites excluding steroid dienone is 2. The molecule has 0 atom stereocenters. The first kappa shape index (κ1) is 9.54. The van der Waals surface area contributed by atoms with Gasteiger partial charge < -0.3 is 5.73 Å². The van der Waals surface area contributed by atoms with E-state index in [-0.39, 0.29) is 0 Å². The van der Waals surface area contributed by atoms with Gasteiger partial charge in [-0.15, -0.1) is 0 Å². The van der Waals surface area contributed by atoms with E-state index < -0.39 is 0 Å². The van der Waals surface area contributed by atoms with Crippen LogP contribution in [-0.4, -0.2) is 0 Å². The molecule has 0 aromatic heterocycles. The zero-order valence-corrected chi connectivity index (χ0v) is 6.90. The average molecular weight is 140 g/mol. The minimum Gasteiger partial charge on any atom is -0.402 e. The minimum atomic E-state index is 0.742. The Labute approximate surface area is 64.3 Å². The highest BCUT2D eigenvalue weighted by atomic mass is 14.6. The quantitative estimate of drug-likeness (QED) is 0.584. The third-order valence-electron chi connectivity index (χ3n) is 1.50. The van der Waals surface area contributed by atoms with Crippen molar-refractivity contribution in [1.82, 2.24) is 0 Å². The lowest BCUT2D eigenvalue weighted by atomic mass is 10.2. The van der Waals surface area contributed by atoms with Gasteiger partial charge in [-0.2, -0.15) is 0 Å². The molecule has 0 bridgehead atoms. The summed E-state index contributed by atoms with van der Waals surface area (Å²) in [5.74, 6) is 0. The fourth-order valence-electron chi connectivity index (χ4n) is 0.784. The van der Waals surface area contributed by atoms with Gasteiger partial charge in [0.2, 0.25) is 0 Å². The van der Waals surface area contributed by atoms with Gasteiger partial charge >= 0.3 is 0 Å². The Morgan fingerprint density at radius 1 is 1.50 bits per heavy atom. The highest BCUT2D eigenvalue weighted by Crippen LogP contribution is 2.01. The van der Waals surface area contributed by atoms with E-state index in [1.165, 1.54) is 19.3 Å². The SMILES string of the molecule is [CH2]CC(N)=CCCCCC. The monoisotopic (exact) mass is 140 g/mol. The molecule has 1 nitrogen and oxygen atoms in total. The molecule has 0 fully saturated rings. The van der Waals surface area contributed by atoms with Gasteiger partial charge in [0, 0.05) is 5.70 Å². The second-order valence-electron chi connectivity index (χ2n) is 2.52. The van der Waals surface area contributed by atoms with Crippen LogP contribution in [0.15, 0.2) is 11.8 Å². The van der Waals surface area contributed by atoms with Crippen LogP contribution < -0.4 is 5.73 Å². The van der Waals surface area contributed by atoms with Crippen molar-refractivity contribution in [1.29, 1.82) is 0 Å². The van der Waals surface area contributed by atoms with Gasteiger partial charge in [0.05, 0.1) is 0 Å². The summed E-state index contributed by atoms with van der Waals surface area (Å²) in [5, 5.41) is 0. The van der Waals surface area contributed by atoms with Gasteiger partial charge in [0.15, 0.2) is 0 Å². The van der Waals surface area contributed by atoms with Crippen LogP contribution in [-0.2, 0) is 0 Å². The van der Waals surface area contributed by atoms with Crippen molar-refractivity contribution >= 4 is 0 Å². The Kier molecular flexibility index (Phi) is 6.35. The number of unbranched alkanes of at least 4 members (excludes halogenated alkanes) is 3. The molecule has 0 saturated heterocycles. The summed E-state index contributed by atoms with van der Waals surface area (Å²) in [6, 6.07) is 0. The Hall–Kier alpha value is -0.460. The van der Waals surface area contributed by atoms with Gasteiger partial charge in [0.25, 0.3) is 0 Å². The highest BCUT2D eigenvalue weighted by Gasteiger charge is 1.84. The predicted molar refractivity (Wildman–Crippen MR) is 46.4 cm³/mol. The molecule has 0 rings (SSSR count). The van der Waals surface area contributed by atoms with Crippen LogP contribution in [0.2, 0.25) is 0 Å². The van der Waals surface area contributed by atoms with E-state index in [2.05, 4.69) is 19.9 Å². The van der Waals surface area contributed by atoms with Gasteiger partial charge in [-0.25, -0.2) is 0 Å². The average Bonchev–Trinajstić information content (AvgIpc) is 1.98. The van der Waals surface area contributed by atoms with Crippen LogP contribution in [0.25, 0.3) is 0 Å². The molecule has 0 aromatic rings. The third-order valence-corrected chi connectivity index (χ3v) is 1.50. The number of hydrogen-bond acceptors (Lipinski definition) is 1. The Bertz CT molecular complexity index is 94.9. The molecule has 0 unspecified atom stereocenters. The summed E-state index contributed by atoms with van der Waals surface area (Å²) < 4.78 is 0. The molecule has 0 aromatic carbocycles. The summed E-state index contributed by atoms with van der Waals surface area (Å²) in [6.45, 7) is 5.89. The van der Waals surface area contributed by atoms with Gasteiger partial charge in [0.1, 0.15) is 0 Å². The zero-order chi connectivity index (χ0) is 7.82. The second-order valence-corrected chi connectivity index (χ2v) is 2.52. The van der Waals surface area contributed by atoms with E-state index in [1.54, 1.807) is 0 Å². The molecule has 0 spiro atoms. The standard InChI is InChI=1S/C9H18N/c1-3-5-6-7-8-9(10)4-2/h8H,2-7,10H2,1H3. The van der Waals surface area contributed by atoms with Crippen LogP contribution in [0.3, 0.4) is 0 Å². The van der Waals surface area contributed by atoms with Crippen molar-refractivity contribution in [2.75, 3.05) is 0 Å². The third kappa shape index (κ3) is 5.67. The predicted octanol–water partition coefficient (Wildman–Crippen LogP) is 2.63. The fraction of sp³-hybridized carbons (Fsp3) is 0.667. The van der Waals surface area contributed by atoms with Crippen LogP contribution in [0.1, 0.15) is 39.0 Å². The summed E-state index contributed by atoms with van der Waals surface area (Å²) in [4.78, 5) is 0. The van der Waals surface area contributed by atoms with Crippen molar-refractivity contribution in [3.8, 4) is 0 Å². The molecule has 0 aliphatic rings. The van der Waals surface area contributed by atoms with Crippen molar-refractivity contribution < 1.29 is 0 Å². The Morgan fingerprint density at radius 2 is 2.20 bits per heavy atom. The van der Waals surface area contributed by atoms with Crippen molar-refractivity contribution in [2.45, 2.75) is 39.0 Å². The van der Waals surface area contributed by atoms with Crippen molar-refractivity contribution in [3.63, 3.8) is 0 Å². The largest absolute Gasteiger partial charge is 0.402 e. The van der Waals surface area contributed by atoms with Crippen molar-refractivity contribution in [3.05, 3.63) is 18.7 Å². The van der Waals surface area contributed by atoms with E-state index in [0.717, 1.165) is 18.5 Å². The van der Waals surface area contributed by atoms with E-state index in [0.29, 0.717) is 0 Å². The molecule has 59 valence electrons. The molecular weight excluding hydrogens is 122 g/mol. The summed E-state index contributed by atoms with van der Waals surface area (Å²) >= 11 is 0. The lowest BCUT2D eigenvalue weighted by Gasteiger charge is -1.95. The lowest BCUT2D eigenvalue weighted by Crippen LogP contribution is -1.93. The summed E-state index contributed by atoms with van der Waals surface area (Å²) in [7, 11) is 0. The van der Waals surface area contributed by atoms with Gasteiger partial charge in [-0.1, -0.05) is 25.8 Å². The fourth-order valence-corrected chi connectivity index (χ4v) is 0.784. The number of rotatable bonds is 5. The smallest absolute Gasteiger partial charge is 0.00399 e. The molecular formula is C9H18N. The molecule has 0 amide bonds. The van der Waals surface area contributed by atoms with Gasteiger partial charge in [-0.05, 0) is 26.2 Å². The normalized spacial score (nSPS) is 12.0. The summed E-state index contributed by atoms with van der Waals surface area (Å²) in [5.41, 5.74) is 6.48. The first-order chi connectivity index (χ1) is 4.81. The molecule has 1 heteroatoms. The van der Waals surface area contributed by atoms with Crippen LogP contribution in [0.5, 0.6) is 0 Å². The zero-order valence-electron chi connectivity index (χ0n) is 6.90. The molecule has 0 saturated carbocycles. The number of hydrogen-bond donors (Lipinski definition) is 1. The number of nitrogens with two attached hydrogens (primary N) is 1. The van der Waals surface area contributed by atoms with E-state index >= 15 is 0 Å². The summed E-state index contributed by atoms with van der Waals surface area (Å²) in [6.07, 6.45) is 7.79.